The summed E-state index contributed by atoms with van der Waals surface area (Å²) in [6.45, 7) is 9.89. The van der Waals surface area contributed by atoms with E-state index >= 15 is 0 Å². The second-order valence-corrected chi connectivity index (χ2v) is 8.64. The van der Waals surface area contributed by atoms with Crippen molar-refractivity contribution in [3.63, 3.8) is 0 Å². The van der Waals surface area contributed by atoms with Gasteiger partial charge in [0.15, 0.2) is 0 Å². The number of anilines is 2. The number of rotatable bonds is 6. The Hall–Kier alpha value is -3.86. The highest BCUT2D eigenvalue weighted by molar-refractivity contribution is 6.51. The van der Waals surface area contributed by atoms with Gasteiger partial charge in [0.2, 0.25) is 0 Å². The number of hydrogen-bond donors (Lipinski definition) is 1. The van der Waals surface area contributed by atoms with Crippen molar-refractivity contribution in [2.75, 3.05) is 22.9 Å². The summed E-state index contributed by atoms with van der Waals surface area (Å²) in [7, 11) is 0. The van der Waals surface area contributed by atoms with Crippen LogP contribution < -0.4 is 9.80 Å². The minimum Gasteiger partial charge on any atom is -0.507 e. The third-order valence-corrected chi connectivity index (χ3v) is 6.31. The van der Waals surface area contributed by atoms with Gasteiger partial charge in [-0.1, -0.05) is 48.5 Å². The Morgan fingerprint density at radius 3 is 2.03 bits per heavy atom. The molecule has 0 aromatic heterocycles. The highest BCUT2D eigenvalue weighted by Gasteiger charge is 2.47. The van der Waals surface area contributed by atoms with Crippen LogP contribution in [0.1, 0.15) is 42.1 Å². The maximum Gasteiger partial charge on any atom is 0.300 e. The summed E-state index contributed by atoms with van der Waals surface area (Å²) in [5.41, 5.74) is 5.08. The highest BCUT2D eigenvalue weighted by Crippen LogP contribution is 2.42. The third-order valence-electron chi connectivity index (χ3n) is 6.31. The van der Waals surface area contributed by atoms with Crippen LogP contribution >= 0.6 is 0 Å². The Morgan fingerprint density at radius 2 is 1.47 bits per heavy atom. The van der Waals surface area contributed by atoms with Gasteiger partial charge in [0.1, 0.15) is 5.76 Å². The third kappa shape index (κ3) is 4.21. The van der Waals surface area contributed by atoms with Crippen LogP contribution in [0, 0.1) is 13.8 Å². The lowest BCUT2D eigenvalue weighted by molar-refractivity contribution is -0.132. The standard InChI is InChI=1S/C29H30N2O3/c1-5-30(6-2)23-14-12-21(13-15-23)26-25(27(32)22-10-8-7-9-11-22)28(33)29(34)31(26)24-17-19(3)16-20(4)18-24/h7-18,26,32H,5-6H2,1-4H3/b27-25+. The summed E-state index contributed by atoms with van der Waals surface area (Å²) >= 11 is 0. The van der Waals surface area contributed by atoms with Crippen molar-refractivity contribution < 1.29 is 14.7 Å². The van der Waals surface area contributed by atoms with Crippen LogP contribution in [0.3, 0.4) is 0 Å². The summed E-state index contributed by atoms with van der Waals surface area (Å²) in [5, 5.41) is 11.2. The molecule has 4 rings (SSSR count). The summed E-state index contributed by atoms with van der Waals surface area (Å²) in [4.78, 5) is 30.4. The monoisotopic (exact) mass is 454 g/mol. The first-order valence-corrected chi connectivity index (χ1v) is 11.6. The second kappa shape index (κ2) is 9.56. The van der Waals surface area contributed by atoms with E-state index in [-0.39, 0.29) is 11.3 Å². The van der Waals surface area contributed by atoms with Crippen LogP contribution in [-0.4, -0.2) is 29.9 Å². The number of aliphatic hydroxyl groups is 1. The molecule has 1 amide bonds. The Bertz CT molecular complexity index is 1220. The molecule has 1 atom stereocenters. The zero-order valence-electron chi connectivity index (χ0n) is 20.1. The fraction of sp³-hybridized carbons (Fsp3) is 0.241. The fourth-order valence-electron chi connectivity index (χ4n) is 4.71. The van der Waals surface area contributed by atoms with Gasteiger partial charge in [0.25, 0.3) is 11.7 Å². The molecule has 1 fully saturated rings. The van der Waals surface area contributed by atoms with E-state index < -0.39 is 17.7 Å². The van der Waals surface area contributed by atoms with Crippen LogP contribution in [0.25, 0.3) is 5.76 Å². The molecule has 0 radical (unpaired) electrons. The number of aliphatic hydroxyl groups excluding tert-OH is 1. The molecule has 0 aliphatic carbocycles. The predicted molar refractivity (Wildman–Crippen MR) is 137 cm³/mol. The molecule has 1 aliphatic heterocycles. The van der Waals surface area contributed by atoms with Crippen molar-refractivity contribution in [3.05, 3.63) is 101 Å². The molecule has 34 heavy (non-hydrogen) atoms. The number of Topliss-reactive ketones (excluding diaryl/α,β-unsaturated/α-hetero) is 1. The number of ketones is 1. The summed E-state index contributed by atoms with van der Waals surface area (Å²) in [6.07, 6.45) is 0. The molecule has 1 aliphatic rings. The first-order valence-electron chi connectivity index (χ1n) is 11.6. The molecule has 1 N–H and O–H groups in total. The maximum absolute atomic E-state index is 13.3. The lowest BCUT2D eigenvalue weighted by atomic mass is 9.94. The first-order chi connectivity index (χ1) is 16.3. The molecule has 174 valence electrons. The van der Waals surface area contributed by atoms with Crippen LogP contribution in [0.2, 0.25) is 0 Å². The fourth-order valence-corrected chi connectivity index (χ4v) is 4.71. The van der Waals surface area contributed by atoms with E-state index in [4.69, 9.17) is 0 Å². The summed E-state index contributed by atoms with van der Waals surface area (Å²) in [5.74, 6) is -1.48. The van der Waals surface area contributed by atoms with Crippen molar-refractivity contribution in [1.29, 1.82) is 0 Å². The minimum atomic E-state index is -0.729. The minimum absolute atomic E-state index is 0.103. The molecule has 3 aromatic carbocycles. The van der Waals surface area contributed by atoms with Crippen LogP contribution in [0.15, 0.2) is 78.4 Å². The quantitative estimate of drug-likeness (QED) is 0.292. The smallest absolute Gasteiger partial charge is 0.300 e. The van der Waals surface area contributed by atoms with Gasteiger partial charge >= 0.3 is 0 Å². The Morgan fingerprint density at radius 1 is 0.882 bits per heavy atom. The van der Waals surface area contributed by atoms with Gasteiger partial charge in [-0.3, -0.25) is 14.5 Å². The highest BCUT2D eigenvalue weighted by atomic mass is 16.3. The van der Waals surface area contributed by atoms with Crippen molar-refractivity contribution in [3.8, 4) is 0 Å². The normalized spacial score (nSPS) is 17.3. The van der Waals surface area contributed by atoms with Crippen LogP contribution in [-0.2, 0) is 9.59 Å². The van der Waals surface area contributed by atoms with E-state index in [1.807, 2.05) is 62.4 Å². The number of benzene rings is 3. The number of carbonyl (C=O) groups excluding carboxylic acids is 2. The molecule has 1 unspecified atom stereocenters. The summed E-state index contributed by atoms with van der Waals surface area (Å²) in [6, 6.07) is 21.9. The molecular weight excluding hydrogens is 424 g/mol. The Labute approximate surface area is 201 Å². The second-order valence-electron chi connectivity index (χ2n) is 8.64. The van der Waals surface area contributed by atoms with Crippen molar-refractivity contribution in [2.45, 2.75) is 33.7 Å². The van der Waals surface area contributed by atoms with Crippen LogP contribution in [0.4, 0.5) is 11.4 Å². The van der Waals surface area contributed by atoms with E-state index in [1.54, 1.807) is 24.3 Å². The molecule has 3 aromatic rings. The molecule has 1 heterocycles. The number of amides is 1. The average Bonchev–Trinajstić information content (AvgIpc) is 3.10. The summed E-state index contributed by atoms with van der Waals surface area (Å²) < 4.78 is 0. The molecule has 0 saturated carbocycles. The van der Waals surface area contributed by atoms with Gasteiger partial charge in [-0.15, -0.1) is 0 Å². The molecular formula is C29H30N2O3. The Balaban J connectivity index is 1.91. The van der Waals surface area contributed by atoms with Crippen molar-refractivity contribution in [1.82, 2.24) is 0 Å². The number of aryl methyl sites for hydroxylation is 2. The van der Waals surface area contributed by atoms with Gasteiger partial charge in [0, 0.05) is 30.0 Å². The van der Waals surface area contributed by atoms with Gasteiger partial charge in [-0.05, 0) is 68.7 Å². The number of nitrogens with zero attached hydrogens (tertiary/aromatic N) is 2. The van der Waals surface area contributed by atoms with Crippen LogP contribution in [0.5, 0.6) is 0 Å². The average molecular weight is 455 g/mol. The predicted octanol–water partition coefficient (Wildman–Crippen LogP) is 5.78. The molecule has 5 heteroatoms. The number of carbonyl (C=O) groups is 2. The molecule has 0 spiro atoms. The van der Waals surface area contributed by atoms with E-state index in [2.05, 4.69) is 18.7 Å². The van der Waals surface area contributed by atoms with E-state index in [1.165, 1.54) is 4.90 Å². The van der Waals surface area contributed by atoms with E-state index in [0.29, 0.717) is 11.3 Å². The Kier molecular flexibility index (Phi) is 6.55. The van der Waals surface area contributed by atoms with E-state index in [0.717, 1.165) is 35.5 Å². The molecule has 0 bridgehead atoms. The lowest BCUT2D eigenvalue weighted by Crippen LogP contribution is -2.29. The molecule has 5 nitrogen and oxygen atoms in total. The molecule has 1 saturated heterocycles. The van der Waals surface area contributed by atoms with E-state index in [9.17, 15) is 14.7 Å². The van der Waals surface area contributed by atoms with Crippen molar-refractivity contribution in [2.24, 2.45) is 0 Å². The van der Waals surface area contributed by atoms with Gasteiger partial charge < -0.3 is 10.0 Å². The van der Waals surface area contributed by atoms with Gasteiger partial charge in [-0.2, -0.15) is 0 Å². The largest absolute Gasteiger partial charge is 0.507 e. The zero-order valence-corrected chi connectivity index (χ0v) is 20.1. The lowest BCUT2D eigenvalue weighted by Gasteiger charge is -2.27. The van der Waals surface area contributed by atoms with Crippen molar-refractivity contribution >= 4 is 28.8 Å². The van der Waals surface area contributed by atoms with Gasteiger partial charge in [0.05, 0.1) is 11.6 Å². The topological polar surface area (TPSA) is 60.9 Å². The first kappa shape index (κ1) is 23.3. The number of hydrogen-bond acceptors (Lipinski definition) is 4. The SMILES string of the molecule is CCN(CC)c1ccc(C2/C(=C(\O)c3ccccc3)C(=O)C(=O)N2c2cc(C)cc(C)c2)cc1. The zero-order chi connectivity index (χ0) is 24.4. The van der Waals surface area contributed by atoms with Gasteiger partial charge in [-0.25, -0.2) is 0 Å². The maximum atomic E-state index is 13.3.